The molecular formula is C20H32O4. The van der Waals surface area contributed by atoms with Crippen molar-refractivity contribution in [1.82, 2.24) is 0 Å². The van der Waals surface area contributed by atoms with Crippen LogP contribution >= 0.6 is 0 Å². The molecule has 7 atom stereocenters. The lowest BCUT2D eigenvalue weighted by Crippen LogP contribution is -2.54. The number of ether oxygens (including phenoxy) is 1. The fourth-order valence-corrected chi connectivity index (χ4v) is 6.75. The summed E-state index contributed by atoms with van der Waals surface area (Å²) in [6.07, 6.45) is 4.79. The first-order valence-corrected chi connectivity index (χ1v) is 9.53. The molecule has 1 aliphatic heterocycles. The quantitative estimate of drug-likeness (QED) is 0.643. The molecule has 4 heteroatoms. The SMILES string of the molecule is C[C@@]1(CO)C[C@@H](O)C[C@@]2(C)C3=C(CC[C@H]12)C[C@]1(C)[C@H](C3)OC[C@@H]1O. The maximum absolute atomic E-state index is 10.5. The number of fused-ring (bicyclic) bond motifs is 3. The van der Waals surface area contributed by atoms with Crippen LogP contribution in [0.4, 0.5) is 0 Å². The monoisotopic (exact) mass is 336 g/mol. The normalized spacial score (nSPS) is 54.2. The van der Waals surface area contributed by atoms with Gasteiger partial charge in [0.2, 0.25) is 0 Å². The predicted molar refractivity (Wildman–Crippen MR) is 91.4 cm³/mol. The molecule has 0 amide bonds. The second-order valence-corrected chi connectivity index (χ2v) is 9.69. The smallest absolute Gasteiger partial charge is 0.0855 e. The van der Waals surface area contributed by atoms with Crippen molar-refractivity contribution in [1.29, 1.82) is 0 Å². The molecule has 0 spiro atoms. The van der Waals surface area contributed by atoms with Gasteiger partial charge >= 0.3 is 0 Å². The summed E-state index contributed by atoms with van der Waals surface area (Å²) in [6, 6.07) is 0. The molecule has 0 aromatic carbocycles. The summed E-state index contributed by atoms with van der Waals surface area (Å²) in [5.41, 5.74) is 2.54. The molecule has 1 saturated heterocycles. The molecule has 0 aromatic rings. The molecule has 4 rings (SSSR count). The van der Waals surface area contributed by atoms with Crippen molar-refractivity contribution in [3.63, 3.8) is 0 Å². The van der Waals surface area contributed by atoms with E-state index in [1.54, 1.807) is 0 Å². The molecule has 0 bridgehead atoms. The van der Waals surface area contributed by atoms with E-state index >= 15 is 0 Å². The maximum Gasteiger partial charge on any atom is 0.0855 e. The van der Waals surface area contributed by atoms with Crippen LogP contribution < -0.4 is 0 Å². The Hall–Kier alpha value is -0.420. The third-order valence-corrected chi connectivity index (χ3v) is 8.12. The van der Waals surface area contributed by atoms with Crippen LogP contribution in [0.15, 0.2) is 11.1 Å². The van der Waals surface area contributed by atoms with E-state index in [0.717, 1.165) is 32.1 Å². The molecule has 24 heavy (non-hydrogen) atoms. The van der Waals surface area contributed by atoms with Gasteiger partial charge in [0, 0.05) is 12.0 Å². The lowest BCUT2D eigenvalue weighted by molar-refractivity contribution is -0.0978. The van der Waals surface area contributed by atoms with Crippen LogP contribution in [-0.2, 0) is 4.74 Å². The van der Waals surface area contributed by atoms with Crippen LogP contribution in [0.25, 0.3) is 0 Å². The van der Waals surface area contributed by atoms with Gasteiger partial charge in [-0.2, -0.15) is 0 Å². The molecule has 1 heterocycles. The Morgan fingerprint density at radius 3 is 2.62 bits per heavy atom. The summed E-state index contributed by atoms with van der Waals surface area (Å²) in [7, 11) is 0. The number of aliphatic hydroxyl groups excluding tert-OH is 3. The number of allylic oxidation sites excluding steroid dienone is 1. The first-order valence-electron chi connectivity index (χ1n) is 9.53. The average molecular weight is 336 g/mol. The maximum atomic E-state index is 10.5. The molecular weight excluding hydrogens is 304 g/mol. The summed E-state index contributed by atoms with van der Waals surface area (Å²) in [5, 5.41) is 31.0. The van der Waals surface area contributed by atoms with Crippen molar-refractivity contribution in [3.05, 3.63) is 11.1 Å². The molecule has 136 valence electrons. The Balaban J connectivity index is 1.75. The Bertz CT molecular complexity index is 572. The van der Waals surface area contributed by atoms with Crippen molar-refractivity contribution >= 4 is 0 Å². The van der Waals surface area contributed by atoms with E-state index in [4.69, 9.17) is 4.74 Å². The van der Waals surface area contributed by atoms with Crippen LogP contribution in [-0.4, -0.2) is 46.8 Å². The Morgan fingerprint density at radius 1 is 1.17 bits per heavy atom. The fourth-order valence-electron chi connectivity index (χ4n) is 6.75. The summed E-state index contributed by atoms with van der Waals surface area (Å²) >= 11 is 0. The highest BCUT2D eigenvalue weighted by molar-refractivity contribution is 5.34. The van der Waals surface area contributed by atoms with Gasteiger partial charge in [-0.15, -0.1) is 0 Å². The third-order valence-electron chi connectivity index (χ3n) is 8.12. The zero-order valence-corrected chi connectivity index (χ0v) is 15.2. The molecule has 0 radical (unpaired) electrons. The van der Waals surface area contributed by atoms with Gasteiger partial charge in [0.05, 0.1) is 24.9 Å². The van der Waals surface area contributed by atoms with Gasteiger partial charge in [0.25, 0.3) is 0 Å². The molecule has 0 unspecified atom stereocenters. The van der Waals surface area contributed by atoms with Gasteiger partial charge in [0.1, 0.15) is 0 Å². The van der Waals surface area contributed by atoms with Gasteiger partial charge in [0.15, 0.2) is 0 Å². The van der Waals surface area contributed by atoms with Crippen molar-refractivity contribution in [2.75, 3.05) is 13.2 Å². The molecule has 0 aromatic heterocycles. The summed E-state index contributed by atoms with van der Waals surface area (Å²) in [4.78, 5) is 0. The molecule has 2 fully saturated rings. The molecule has 1 saturated carbocycles. The first kappa shape index (κ1) is 17.0. The molecule has 4 nitrogen and oxygen atoms in total. The first-order chi connectivity index (χ1) is 11.2. The minimum absolute atomic E-state index is 0.0546. The van der Waals surface area contributed by atoms with E-state index in [0.29, 0.717) is 18.9 Å². The molecule has 4 aliphatic rings. The van der Waals surface area contributed by atoms with Crippen LogP contribution in [0.3, 0.4) is 0 Å². The molecule has 3 aliphatic carbocycles. The van der Waals surface area contributed by atoms with Gasteiger partial charge in [-0.3, -0.25) is 0 Å². The van der Waals surface area contributed by atoms with E-state index in [1.165, 1.54) is 11.1 Å². The topological polar surface area (TPSA) is 69.9 Å². The second-order valence-electron chi connectivity index (χ2n) is 9.69. The van der Waals surface area contributed by atoms with E-state index in [9.17, 15) is 15.3 Å². The summed E-state index contributed by atoms with van der Waals surface area (Å²) < 4.78 is 5.95. The lowest BCUT2D eigenvalue weighted by atomic mass is 9.47. The Labute approximate surface area is 144 Å². The molecule has 3 N–H and O–H groups in total. The van der Waals surface area contributed by atoms with Crippen LogP contribution in [0.2, 0.25) is 0 Å². The highest BCUT2D eigenvalue weighted by Crippen LogP contribution is 2.64. The highest BCUT2D eigenvalue weighted by atomic mass is 16.5. The second kappa shape index (κ2) is 5.29. The Kier molecular flexibility index (Phi) is 3.75. The summed E-state index contributed by atoms with van der Waals surface area (Å²) in [5.74, 6) is 0.410. The van der Waals surface area contributed by atoms with Crippen molar-refractivity contribution in [2.45, 2.75) is 77.6 Å². The highest BCUT2D eigenvalue weighted by Gasteiger charge is 2.59. The summed E-state index contributed by atoms with van der Waals surface area (Å²) in [6.45, 7) is 7.20. The van der Waals surface area contributed by atoms with Gasteiger partial charge in [-0.25, -0.2) is 0 Å². The average Bonchev–Trinajstić information content (AvgIpc) is 2.79. The minimum Gasteiger partial charge on any atom is -0.396 e. The zero-order chi connectivity index (χ0) is 17.3. The van der Waals surface area contributed by atoms with Gasteiger partial charge < -0.3 is 20.1 Å². The van der Waals surface area contributed by atoms with E-state index in [-0.39, 0.29) is 41.2 Å². The number of hydrogen-bond acceptors (Lipinski definition) is 4. The van der Waals surface area contributed by atoms with E-state index < -0.39 is 0 Å². The predicted octanol–water partition coefficient (Wildman–Crippen LogP) is 2.41. The van der Waals surface area contributed by atoms with Gasteiger partial charge in [-0.05, 0) is 55.3 Å². The van der Waals surface area contributed by atoms with Crippen LogP contribution in [0, 0.1) is 22.2 Å². The zero-order valence-electron chi connectivity index (χ0n) is 15.2. The van der Waals surface area contributed by atoms with Crippen LogP contribution in [0.5, 0.6) is 0 Å². The minimum atomic E-state index is -0.373. The van der Waals surface area contributed by atoms with Crippen LogP contribution in [0.1, 0.15) is 59.3 Å². The number of rotatable bonds is 1. The standard InChI is InChI=1S/C20H32O4/c1-18(11-21)8-13(22)9-19(2)14-6-17-20(3,16(23)10-24-17)7-12(14)4-5-15(18)19/h13,15-17,21-23H,4-11H2,1-3H3/t13-,15-,16+,17+,18+,19+,20+/m1/s1. The fraction of sp³-hybridized carbons (Fsp3) is 0.900. The Morgan fingerprint density at radius 2 is 1.92 bits per heavy atom. The van der Waals surface area contributed by atoms with Crippen molar-refractivity contribution in [3.8, 4) is 0 Å². The van der Waals surface area contributed by atoms with Crippen molar-refractivity contribution < 1.29 is 20.1 Å². The number of hydrogen-bond donors (Lipinski definition) is 3. The van der Waals surface area contributed by atoms with Crippen molar-refractivity contribution in [2.24, 2.45) is 22.2 Å². The largest absolute Gasteiger partial charge is 0.396 e. The lowest BCUT2D eigenvalue weighted by Gasteiger charge is -2.59. The van der Waals surface area contributed by atoms with E-state index in [2.05, 4.69) is 20.8 Å². The third kappa shape index (κ3) is 2.13. The number of aliphatic hydroxyl groups is 3. The van der Waals surface area contributed by atoms with E-state index in [1.807, 2.05) is 0 Å². The van der Waals surface area contributed by atoms with Gasteiger partial charge in [-0.1, -0.05) is 31.9 Å².